The molecule has 0 aliphatic carbocycles. The highest BCUT2D eigenvalue weighted by Crippen LogP contribution is 2.46. The summed E-state index contributed by atoms with van der Waals surface area (Å²) in [7, 11) is 0. The summed E-state index contributed by atoms with van der Waals surface area (Å²) >= 11 is 0. The van der Waals surface area contributed by atoms with Gasteiger partial charge in [0.05, 0.1) is 28.7 Å². The van der Waals surface area contributed by atoms with Crippen molar-refractivity contribution in [2.24, 2.45) is 15.4 Å². The van der Waals surface area contributed by atoms with Gasteiger partial charge in [-0.05, 0) is 18.1 Å². The number of nitrogens with zero attached hydrogens (tertiary/aromatic N) is 5. The Labute approximate surface area is 136 Å². The molecular formula is C17H11N5O2. The quantitative estimate of drug-likeness (QED) is 0.745. The molecule has 7 heteroatoms. The molecule has 0 fully saturated rings. The van der Waals surface area contributed by atoms with E-state index in [0.29, 0.717) is 24.2 Å². The van der Waals surface area contributed by atoms with Gasteiger partial charge >= 0.3 is 0 Å². The molecule has 1 unspecified atom stereocenters. The van der Waals surface area contributed by atoms with Crippen LogP contribution < -0.4 is 4.90 Å². The lowest BCUT2D eigenvalue weighted by molar-refractivity contribution is 0.360. The highest BCUT2D eigenvalue weighted by atomic mass is 16.5. The van der Waals surface area contributed by atoms with E-state index in [1.165, 1.54) is 0 Å². The zero-order chi connectivity index (χ0) is 16.1. The summed E-state index contributed by atoms with van der Waals surface area (Å²) in [6.07, 6.45) is 9.45. The molecule has 24 heavy (non-hydrogen) atoms. The van der Waals surface area contributed by atoms with Gasteiger partial charge in [0.2, 0.25) is 0 Å². The van der Waals surface area contributed by atoms with Crippen molar-refractivity contribution in [3.8, 4) is 6.07 Å². The number of anilines is 1. The number of aliphatic imine (C=N–C) groups is 2. The number of rotatable bonds is 0. The standard InChI is InChI=1S/C17H11N5O2/c18-6-13-12-3-11-5-17(8-19-10-20-9-17)16-7-23-2-1-22(16)14(11)4-15(12)24-21-13/h1-4,7-8,10H,5,9H2. The maximum absolute atomic E-state index is 9.20. The van der Waals surface area contributed by atoms with Crippen LogP contribution in [0.5, 0.6) is 0 Å². The number of ether oxygens (including phenoxy) is 1. The van der Waals surface area contributed by atoms with Crippen LogP contribution in [0.25, 0.3) is 11.0 Å². The van der Waals surface area contributed by atoms with Crippen LogP contribution in [0, 0.1) is 16.7 Å². The van der Waals surface area contributed by atoms with E-state index in [4.69, 9.17) is 9.26 Å². The van der Waals surface area contributed by atoms with Crippen LogP contribution in [0.3, 0.4) is 0 Å². The normalized spacial score (nSPS) is 23.6. The largest absolute Gasteiger partial charge is 0.469 e. The predicted octanol–water partition coefficient (Wildman–Crippen LogP) is 2.50. The van der Waals surface area contributed by atoms with E-state index < -0.39 is 0 Å². The third-order valence-electron chi connectivity index (χ3n) is 4.62. The van der Waals surface area contributed by atoms with Crippen molar-refractivity contribution in [2.45, 2.75) is 6.42 Å². The second-order valence-corrected chi connectivity index (χ2v) is 5.98. The van der Waals surface area contributed by atoms with E-state index >= 15 is 0 Å². The molecule has 3 aliphatic heterocycles. The first-order valence-corrected chi connectivity index (χ1v) is 7.48. The second kappa shape index (κ2) is 4.55. The Balaban J connectivity index is 1.76. The summed E-state index contributed by atoms with van der Waals surface area (Å²) in [5.41, 5.74) is 3.60. The molecule has 0 amide bonds. The summed E-state index contributed by atoms with van der Waals surface area (Å²) in [5, 5.41) is 13.8. The molecule has 2 aromatic rings. The Morgan fingerprint density at radius 2 is 2.29 bits per heavy atom. The van der Waals surface area contributed by atoms with E-state index in [1.54, 1.807) is 18.9 Å². The van der Waals surface area contributed by atoms with Gasteiger partial charge in [-0.3, -0.25) is 4.99 Å². The van der Waals surface area contributed by atoms with Crippen LogP contribution in [0.2, 0.25) is 0 Å². The van der Waals surface area contributed by atoms with E-state index in [1.807, 2.05) is 24.5 Å². The van der Waals surface area contributed by atoms with Crippen molar-refractivity contribution in [3.05, 3.63) is 47.8 Å². The lowest BCUT2D eigenvalue weighted by Crippen LogP contribution is -2.44. The molecule has 0 radical (unpaired) electrons. The Kier molecular flexibility index (Phi) is 2.48. The summed E-state index contributed by atoms with van der Waals surface area (Å²) < 4.78 is 10.7. The fraction of sp³-hybridized carbons (Fsp3) is 0.176. The minimum Gasteiger partial charge on any atom is -0.469 e. The number of fused-ring (bicyclic) bond motifs is 5. The molecule has 1 aromatic heterocycles. The van der Waals surface area contributed by atoms with Gasteiger partial charge in [0.15, 0.2) is 11.3 Å². The first kappa shape index (κ1) is 13.1. The first-order valence-electron chi connectivity index (χ1n) is 7.48. The first-order chi connectivity index (χ1) is 11.8. The van der Waals surface area contributed by atoms with E-state index in [9.17, 15) is 5.26 Å². The molecule has 0 bridgehead atoms. The SMILES string of the molecule is N#Cc1noc2cc3c(cc12)CC1(C=NC=NC1)C1=COC=CN13. The van der Waals surface area contributed by atoms with E-state index in [2.05, 4.69) is 26.1 Å². The van der Waals surface area contributed by atoms with Gasteiger partial charge in [-0.2, -0.15) is 5.26 Å². The Hall–Kier alpha value is -3.40. The van der Waals surface area contributed by atoms with Crippen molar-refractivity contribution in [1.82, 2.24) is 5.16 Å². The number of benzene rings is 1. The van der Waals surface area contributed by atoms with Crippen LogP contribution in [0.15, 0.2) is 51.1 Å². The molecule has 0 saturated heterocycles. The molecule has 3 aliphatic rings. The number of aromatic nitrogens is 1. The molecule has 4 heterocycles. The van der Waals surface area contributed by atoms with Crippen molar-refractivity contribution in [2.75, 3.05) is 11.4 Å². The maximum atomic E-state index is 9.20. The fourth-order valence-corrected chi connectivity index (χ4v) is 3.52. The Morgan fingerprint density at radius 3 is 3.12 bits per heavy atom. The highest BCUT2D eigenvalue weighted by molar-refractivity contribution is 5.91. The van der Waals surface area contributed by atoms with Gasteiger partial charge in [-0.1, -0.05) is 5.16 Å². The molecule has 0 N–H and O–H groups in total. The molecule has 1 aromatic carbocycles. The zero-order valence-electron chi connectivity index (χ0n) is 12.5. The average molecular weight is 317 g/mol. The molecule has 1 spiro atoms. The summed E-state index contributed by atoms with van der Waals surface area (Å²) in [4.78, 5) is 10.7. The minimum atomic E-state index is -0.357. The van der Waals surface area contributed by atoms with Crippen molar-refractivity contribution < 1.29 is 9.26 Å². The van der Waals surface area contributed by atoms with Gasteiger partial charge in [-0.15, -0.1) is 0 Å². The number of hydrogen-bond donors (Lipinski definition) is 0. The zero-order valence-corrected chi connectivity index (χ0v) is 12.5. The summed E-state index contributed by atoms with van der Waals surface area (Å²) in [6.45, 7) is 0.599. The minimum absolute atomic E-state index is 0.302. The van der Waals surface area contributed by atoms with Crippen LogP contribution in [0.1, 0.15) is 11.3 Å². The van der Waals surface area contributed by atoms with Crippen LogP contribution in [0.4, 0.5) is 5.69 Å². The van der Waals surface area contributed by atoms with Crippen LogP contribution >= 0.6 is 0 Å². The van der Waals surface area contributed by atoms with Crippen LogP contribution in [-0.4, -0.2) is 24.3 Å². The molecular weight excluding hydrogens is 306 g/mol. The topological polar surface area (TPSA) is 87.0 Å². The Bertz CT molecular complexity index is 1020. The third-order valence-corrected chi connectivity index (χ3v) is 4.62. The second-order valence-electron chi connectivity index (χ2n) is 5.98. The van der Waals surface area contributed by atoms with Gasteiger partial charge in [0.25, 0.3) is 0 Å². The highest BCUT2D eigenvalue weighted by Gasteiger charge is 2.43. The molecule has 116 valence electrons. The van der Waals surface area contributed by atoms with E-state index in [0.717, 1.165) is 22.3 Å². The monoisotopic (exact) mass is 317 g/mol. The van der Waals surface area contributed by atoms with Gasteiger partial charge in [0.1, 0.15) is 24.9 Å². The van der Waals surface area contributed by atoms with Gasteiger partial charge in [-0.25, -0.2) is 4.99 Å². The average Bonchev–Trinajstić information content (AvgIpc) is 3.03. The van der Waals surface area contributed by atoms with Crippen molar-refractivity contribution in [1.29, 1.82) is 5.26 Å². The number of nitriles is 1. The lowest BCUT2D eigenvalue weighted by Gasteiger charge is -2.43. The molecule has 0 saturated carbocycles. The van der Waals surface area contributed by atoms with Crippen molar-refractivity contribution in [3.63, 3.8) is 0 Å². The summed E-state index contributed by atoms with van der Waals surface area (Å²) in [6, 6.07) is 5.97. The smallest absolute Gasteiger partial charge is 0.191 e. The fourth-order valence-electron chi connectivity index (χ4n) is 3.52. The number of hydrogen-bond acceptors (Lipinski definition) is 7. The predicted molar refractivity (Wildman–Crippen MR) is 87.5 cm³/mol. The molecule has 1 atom stereocenters. The maximum Gasteiger partial charge on any atom is 0.191 e. The van der Waals surface area contributed by atoms with Crippen molar-refractivity contribution >= 4 is 29.2 Å². The lowest BCUT2D eigenvalue weighted by atomic mass is 9.75. The summed E-state index contributed by atoms with van der Waals surface area (Å²) in [5.74, 6) is 0. The molecule has 5 rings (SSSR count). The van der Waals surface area contributed by atoms with Crippen LogP contribution in [-0.2, 0) is 11.2 Å². The molecule has 7 nitrogen and oxygen atoms in total. The van der Waals surface area contributed by atoms with E-state index in [-0.39, 0.29) is 5.41 Å². The third kappa shape index (κ3) is 1.62. The van der Waals surface area contributed by atoms with Gasteiger partial charge in [0, 0.05) is 18.5 Å². The van der Waals surface area contributed by atoms with Gasteiger partial charge < -0.3 is 14.2 Å². The Morgan fingerprint density at radius 1 is 1.33 bits per heavy atom.